The minimum Gasteiger partial charge on any atom is -0.211 e. The third kappa shape index (κ3) is 4.72. The van der Waals surface area contributed by atoms with Crippen molar-refractivity contribution >= 4 is 37.6 Å². The van der Waals surface area contributed by atoms with Gasteiger partial charge in [-0.1, -0.05) is 39.3 Å². The average Bonchev–Trinajstić information content (AvgIpc) is 2.31. The lowest BCUT2D eigenvalue weighted by atomic mass is 9.86. The van der Waals surface area contributed by atoms with E-state index in [0.717, 1.165) is 0 Å². The summed E-state index contributed by atoms with van der Waals surface area (Å²) in [7, 11) is -3.50. The zero-order valence-electron chi connectivity index (χ0n) is 12.2. The van der Waals surface area contributed by atoms with Crippen LogP contribution in [0.3, 0.4) is 0 Å². The fourth-order valence-corrected chi connectivity index (χ4v) is 3.92. The lowest BCUT2D eigenvalue weighted by Gasteiger charge is -2.25. The molecule has 20 heavy (non-hydrogen) atoms. The molecule has 0 aromatic heterocycles. The summed E-state index contributed by atoms with van der Waals surface area (Å²) in [5.74, 6) is 1.16. The smallest absolute Gasteiger partial charge is 0.211 e. The van der Waals surface area contributed by atoms with Gasteiger partial charge in [-0.25, -0.2) is 13.1 Å². The summed E-state index contributed by atoms with van der Waals surface area (Å²) in [6.45, 7) is 8.88. The van der Waals surface area contributed by atoms with Gasteiger partial charge in [0.25, 0.3) is 0 Å². The molecule has 0 aliphatic heterocycles. The van der Waals surface area contributed by atoms with Crippen molar-refractivity contribution in [3.05, 3.63) is 27.7 Å². The Morgan fingerprint density at radius 1 is 1.20 bits per heavy atom. The highest BCUT2D eigenvalue weighted by Crippen LogP contribution is 2.26. The molecule has 0 bridgehead atoms. The van der Waals surface area contributed by atoms with Crippen LogP contribution < -0.4 is 4.72 Å². The van der Waals surface area contributed by atoms with E-state index < -0.39 is 10.0 Å². The van der Waals surface area contributed by atoms with Gasteiger partial charge in [0.1, 0.15) is 0 Å². The Hall–Kier alpha value is -0.100. The molecule has 0 radical (unpaired) electrons. The van der Waals surface area contributed by atoms with Crippen LogP contribution in [0.1, 0.15) is 27.7 Å². The van der Waals surface area contributed by atoms with E-state index in [2.05, 4.69) is 48.3 Å². The predicted octanol–water partition coefficient (Wildman–Crippen LogP) is 4.31. The predicted molar refractivity (Wildman–Crippen MR) is 87.5 cm³/mol. The van der Waals surface area contributed by atoms with E-state index in [1.54, 1.807) is 6.07 Å². The molecule has 0 amide bonds. The molecule has 6 heteroatoms. The van der Waals surface area contributed by atoms with Gasteiger partial charge in [0, 0.05) is 11.0 Å². The Morgan fingerprint density at radius 3 is 2.20 bits per heavy atom. The minimum absolute atomic E-state index is 0.222. The topological polar surface area (TPSA) is 46.2 Å². The van der Waals surface area contributed by atoms with Gasteiger partial charge in [0.05, 0.1) is 9.92 Å². The molecule has 1 rings (SSSR count). The van der Waals surface area contributed by atoms with Crippen molar-refractivity contribution < 1.29 is 8.42 Å². The van der Waals surface area contributed by atoms with E-state index in [0.29, 0.717) is 33.8 Å². The summed E-state index contributed by atoms with van der Waals surface area (Å²) in [5.41, 5.74) is 0. The molecule has 0 fully saturated rings. The molecule has 0 saturated heterocycles. The Morgan fingerprint density at radius 2 is 1.75 bits per heavy atom. The Bertz CT molecular complexity index is 550. The van der Waals surface area contributed by atoms with Gasteiger partial charge in [-0.15, -0.1) is 0 Å². The zero-order chi connectivity index (χ0) is 15.5. The molecule has 1 aromatic carbocycles. The molecule has 0 aliphatic carbocycles. The number of hydrogen-bond donors (Lipinski definition) is 1. The molecule has 1 aromatic rings. The molecular formula is C14H21BrClNO2S. The molecule has 0 heterocycles. The van der Waals surface area contributed by atoms with Crippen LogP contribution in [-0.2, 0) is 10.0 Å². The molecule has 1 N–H and O–H groups in total. The molecule has 0 atom stereocenters. The monoisotopic (exact) mass is 381 g/mol. The van der Waals surface area contributed by atoms with E-state index in [9.17, 15) is 8.42 Å². The van der Waals surface area contributed by atoms with Gasteiger partial charge in [-0.05, 0) is 51.9 Å². The van der Waals surface area contributed by atoms with Crippen LogP contribution in [0.4, 0.5) is 0 Å². The highest BCUT2D eigenvalue weighted by atomic mass is 79.9. The minimum atomic E-state index is -3.50. The summed E-state index contributed by atoms with van der Waals surface area (Å²) in [5, 5.41) is 0.492. The molecule has 3 nitrogen and oxygen atoms in total. The summed E-state index contributed by atoms with van der Waals surface area (Å²) in [4.78, 5) is 0.222. The van der Waals surface area contributed by atoms with Gasteiger partial charge in [0.2, 0.25) is 10.0 Å². The Balaban J connectivity index is 2.87. The van der Waals surface area contributed by atoms with Crippen LogP contribution in [0, 0.1) is 17.8 Å². The van der Waals surface area contributed by atoms with E-state index in [1.165, 1.54) is 12.1 Å². The van der Waals surface area contributed by atoms with Gasteiger partial charge in [-0.3, -0.25) is 0 Å². The van der Waals surface area contributed by atoms with E-state index in [1.807, 2.05) is 0 Å². The maximum atomic E-state index is 12.3. The standard InChI is InChI=1S/C14H21BrClNO2S/c1-9(2)12(10(3)4)8-17-20(18,19)11-5-6-14(16)13(15)7-11/h5-7,9-10,12,17H,8H2,1-4H3. The number of benzene rings is 1. The summed E-state index contributed by atoms with van der Waals surface area (Å²) < 4.78 is 27.8. The van der Waals surface area contributed by atoms with Crippen molar-refractivity contribution in [2.45, 2.75) is 32.6 Å². The second-order valence-electron chi connectivity index (χ2n) is 5.58. The largest absolute Gasteiger partial charge is 0.240 e. The summed E-state index contributed by atoms with van der Waals surface area (Å²) >= 11 is 9.12. The first kappa shape index (κ1) is 18.0. The van der Waals surface area contributed by atoms with Crippen molar-refractivity contribution in [3.8, 4) is 0 Å². The van der Waals surface area contributed by atoms with Crippen LogP contribution in [0.15, 0.2) is 27.6 Å². The maximum absolute atomic E-state index is 12.3. The van der Waals surface area contributed by atoms with Crippen molar-refractivity contribution in [2.24, 2.45) is 17.8 Å². The number of nitrogens with one attached hydrogen (secondary N) is 1. The van der Waals surface area contributed by atoms with E-state index >= 15 is 0 Å². The number of halogens is 2. The maximum Gasteiger partial charge on any atom is 0.240 e. The van der Waals surface area contributed by atoms with Crippen molar-refractivity contribution in [2.75, 3.05) is 6.54 Å². The van der Waals surface area contributed by atoms with Gasteiger partial charge in [0.15, 0.2) is 0 Å². The highest BCUT2D eigenvalue weighted by Gasteiger charge is 2.21. The second kappa shape index (κ2) is 7.25. The number of rotatable bonds is 6. The Kier molecular flexibility index (Phi) is 6.51. The lowest BCUT2D eigenvalue weighted by molar-refractivity contribution is 0.289. The molecule has 0 aliphatic rings. The quantitative estimate of drug-likeness (QED) is 0.797. The van der Waals surface area contributed by atoms with Crippen molar-refractivity contribution in [1.29, 1.82) is 0 Å². The Labute approximate surface area is 135 Å². The zero-order valence-corrected chi connectivity index (χ0v) is 15.3. The normalized spacial score (nSPS) is 12.7. The third-order valence-electron chi connectivity index (χ3n) is 3.42. The van der Waals surface area contributed by atoms with Crippen molar-refractivity contribution in [1.82, 2.24) is 4.72 Å². The van der Waals surface area contributed by atoms with E-state index in [-0.39, 0.29) is 4.90 Å². The molecule has 0 saturated carbocycles. The summed E-state index contributed by atoms with van der Waals surface area (Å²) in [6.07, 6.45) is 0. The molecule has 114 valence electrons. The lowest BCUT2D eigenvalue weighted by Crippen LogP contribution is -2.33. The first-order valence-corrected chi connectivity index (χ1v) is 9.25. The fraction of sp³-hybridized carbons (Fsp3) is 0.571. The van der Waals surface area contributed by atoms with Crippen LogP contribution >= 0.6 is 27.5 Å². The second-order valence-corrected chi connectivity index (χ2v) is 8.61. The van der Waals surface area contributed by atoms with Crippen LogP contribution in [0.25, 0.3) is 0 Å². The number of sulfonamides is 1. The molecule has 0 unspecified atom stereocenters. The average molecular weight is 383 g/mol. The van der Waals surface area contributed by atoms with Crippen LogP contribution in [-0.4, -0.2) is 15.0 Å². The van der Waals surface area contributed by atoms with Crippen LogP contribution in [0.5, 0.6) is 0 Å². The fourth-order valence-electron chi connectivity index (χ4n) is 2.17. The van der Waals surface area contributed by atoms with Crippen molar-refractivity contribution in [3.63, 3.8) is 0 Å². The third-order valence-corrected chi connectivity index (χ3v) is 6.06. The summed E-state index contributed by atoms with van der Waals surface area (Å²) in [6, 6.07) is 4.60. The van der Waals surface area contributed by atoms with Gasteiger partial charge >= 0.3 is 0 Å². The van der Waals surface area contributed by atoms with Gasteiger partial charge in [-0.2, -0.15) is 0 Å². The molecule has 0 spiro atoms. The highest BCUT2D eigenvalue weighted by molar-refractivity contribution is 9.10. The number of hydrogen-bond acceptors (Lipinski definition) is 2. The first-order valence-electron chi connectivity index (χ1n) is 6.60. The van der Waals surface area contributed by atoms with E-state index in [4.69, 9.17) is 11.6 Å². The van der Waals surface area contributed by atoms with Gasteiger partial charge < -0.3 is 0 Å². The van der Waals surface area contributed by atoms with Crippen LogP contribution in [0.2, 0.25) is 5.02 Å². The SMILES string of the molecule is CC(C)C(CNS(=O)(=O)c1ccc(Cl)c(Br)c1)C(C)C. The first-order chi connectivity index (χ1) is 9.15. The molecular weight excluding hydrogens is 362 g/mol.